The fraction of sp³-hybridized carbons (Fsp3) is 0.625. The van der Waals surface area contributed by atoms with Crippen molar-refractivity contribution in [3.8, 4) is 0 Å². The third-order valence-electron chi connectivity index (χ3n) is 4.04. The van der Waals surface area contributed by atoms with Gasteiger partial charge in [0.05, 0.1) is 5.60 Å². The molecule has 0 spiro atoms. The minimum Gasteiger partial charge on any atom is -0.374 e. The molecule has 0 saturated carbocycles. The summed E-state index contributed by atoms with van der Waals surface area (Å²) in [5.41, 5.74) is 0.0257. The van der Waals surface area contributed by atoms with Crippen LogP contribution in [0.3, 0.4) is 0 Å². The zero-order valence-corrected chi connectivity index (χ0v) is 12.8. The van der Waals surface area contributed by atoms with E-state index < -0.39 is 5.82 Å². The molecule has 0 aliphatic carbocycles. The highest BCUT2D eigenvalue weighted by Gasteiger charge is 2.36. The topological polar surface area (TPSA) is 21.3 Å². The summed E-state index contributed by atoms with van der Waals surface area (Å²) in [5.74, 6) is -0.782. The van der Waals surface area contributed by atoms with Crippen molar-refractivity contribution in [3.63, 3.8) is 0 Å². The number of likely N-dealkylation sites (N-methyl/N-ethyl adjacent to an activating group) is 1. The Morgan fingerprint density at radius 3 is 2.35 bits per heavy atom. The second kappa shape index (κ2) is 7.70. The average Bonchev–Trinajstić information content (AvgIpc) is 2.46. The Bertz CT molecular complexity index is 419. The number of ether oxygens (including phenoxy) is 1. The van der Waals surface area contributed by atoms with Gasteiger partial charge in [0.15, 0.2) is 0 Å². The van der Waals surface area contributed by atoms with Crippen molar-refractivity contribution in [3.05, 3.63) is 35.4 Å². The lowest BCUT2D eigenvalue weighted by Crippen LogP contribution is -2.52. The van der Waals surface area contributed by atoms with Gasteiger partial charge in [0, 0.05) is 12.6 Å². The van der Waals surface area contributed by atoms with E-state index in [1.807, 2.05) is 14.0 Å². The number of rotatable bonds is 8. The molecule has 0 aromatic heterocycles. The van der Waals surface area contributed by atoms with Gasteiger partial charge in [-0.25, -0.2) is 8.78 Å². The Hall–Kier alpha value is -1.00. The van der Waals surface area contributed by atoms with Crippen LogP contribution in [0.5, 0.6) is 0 Å². The van der Waals surface area contributed by atoms with Gasteiger partial charge in [-0.3, -0.25) is 0 Å². The van der Waals surface area contributed by atoms with Crippen LogP contribution in [0.15, 0.2) is 18.2 Å². The van der Waals surface area contributed by atoms with E-state index in [1.54, 1.807) is 0 Å². The van der Waals surface area contributed by atoms with E-state index in [9.17, 15) is 8.78 Å². The Morgan fingerprint density at radius 2 is 1.85 bits per heavy atom. The van der Waals surface area contributed by atoms with Crippen LogP contribution >= 0.6 is 0 Å². The van der Waals surface area contributed by atoms with Crippen LogP contribution in [-0.2, 0) is 11.2 Å². The van der Waals surface area contributed by atoms with Gasteiger partial charge in [-0.1, -0.05) is 13.8 Å². The maximum Gasteiger partial charge on any atom is 0.126 e. The van der Waals surface area contributed by atoms with Gasteiger partial charge >= 0.3 is 0 Å². The zero-order chi connectivity index (χ0) is 15.2. The van der Waals surface area contributed by atoms with Gasteiger partial charge in [-0.15, -0.1) is 0 Å². The molecule has 0 bridgehead atoms. The first-order valence-electron chi connectivity index (χ1n) is 7.28. The fourth-order valence-corrected chi connectivity index (χ4v) is 2.81. The largest absolute Gasteiger partial charge is 0.374 e. The highest BCUT2D eigenvalue weighted by molar-refractivity contribution is 5.21. The summed E-state index contributed by atoms with van der Waals surface area (Å²) in [6.45, 7) is 6.68. The molecule has 1 unspecified atom stereocenters. The Kier molecular flexibility index (Phi) is 6.56. The van der Waals surface area contributed by atoms with Crippen LogP contribution in [0, 0.1) is 11.6 Å². The molecule has 114 valence electrons. The second-order valence-electron chi connectivity index (χ2n) is 4.99. The van der Waals surface area contributed by atoms with Crippen LogP contribution in [-0.4, -0.2) is 25.3 Å². The molecular formula is C16H25F2NO. The van der Waals surface area contributed by atoms with E-state index in [-0.39, 0.29) is 17.5 Å². The molecule has 0 saturated heterocycles. The molecule has 0 fully saturated rings. The number of nitrogens with one attached hydrogen (secondary N) is 1. The third-order valence-corrected chi connectivity index (χ3v) is 4.04. The Morgan fingerprint density at radius 1 is 1.20 bits per heavy atom. The Labute approximate surface area is 120 Å². The van der Waals surface area contributed by atoms with E-state index >= 15 is 0 Å². The first kappa shape index (κ1) is 17.1. The summed E-state index contributed by atoms with van der Waals surface area (Å²) in [5, 5.41) is 3.21. The fourth-order valence-electron chi connectivity index (χ4n) is 2.81. The predicted molar refractivity (Wildman–Crippen MR) is 77.8 cm³/mol. The molecule has 0 aliphatic rings. The summed E-state index contributed by atoms with van der Waals surface area (Å²) >= 11 is 0. The van der Waals surface area contributed by atoms with Crippen LogP contribution in [0.1, 0.15) is 39.2 Å². The molecule has 0 heterocycles. The van der Waals surface area contributed by atoms with Gasteiger partial charge in [0.1, 0.15) is 11.6 Å². The number of halogens is 2. The predicted octanol–water partition coefficient (Wildman–Crippen LogP) is 3.69. The lowest BCUT2D eigenvalue weighted by atomic mass is 9.84. The van der Waals surface area contributed by atoms with Gasteiger partial charge in [0.25, 0.3) is 0 Å². The molecule has 1 rings (SSSR count). The Balaban J connectivity index is 3.02. The minimum absolute atomic E-state index is 0.0613. The summed E-state index contributed by atoms with van der Waals surface area (Å²) < 4.78 is 33.0. The van der Waals surface area contributed by atoms with E-state index in [0.717, 1.165) is 18.9 Å². The summed E-state index contributed by atoms with van der Waals surface area (Å²) in [6.07, 6.45) is 2.04. The van der Waals surface area contributed by atoms with Crippen molar-refractivity contribution in [2.75, 3.05) is 13.7 Å². The maximum atomic E-state index is 13.8. The summed E-state index contributed by atoms with van der Waals surface area (Å²) in [6, 6.07) is 3.52. The first-order valence-corrected chi connectivity index (χ1v) is 7.28. The molecule has 0 aliphatic heterocycles. The third kappa shape index (κ3) is 3.76. The highest BCUT2D eigenvalue weighted by atomic mass is 19.1. The molecule has 20 heavy (non-hydrogen) atoms. The quantitative estimate of drug-likeness (QED) is 0.786. The van der Waals surface area contributed by atoms with E-state index in [2.05, 4.69) is 19.2 Å². The van der Waals surface area contributed by atoms with Crippen molar-refractivity contribution < 1.29 is 13.5 Å². The van der Waals surface area contributed by atoms with Crippen molar-refractivity contribution in [1.29, 1.82) is 0 Å². The summed E-state index contributed by atoms with van der Waals surface area (Å²) in [7, 11) is 1.83. The van der Waals surface area contributed by atoms with Crippen LogP contribution in [0.2, 0.25) is 0 Å². The van der Waals surface area contributed by atoms with E-state index in [4.69, 9.17) is 4.74 Å². The lowest BCUT2D eigenvalue weighted by molar-refractivity contribution is -0.0705. The van der Waals surface area contributed by atoms with Gasteiger partial charge < -0.3 is 10.1 Å². The molecule has 0 amide bonds. The molecule has 2 nitrogen and oxygen atoms in total. The van der Waals surface area contributed by atoms with Crippen LogP contribution < -0.4 is 5.32 Å². The molecule has 1 aromatic carbocycles. The second-order valence-corrected chi connectivity index (χ2v) is 4.99. The van der Waals surface area contributed by atoms with Crippen molar-refractivity contribution in [2.45, 2.75) is 51.7 Å². The van der Waals surface area contributed by atoms with Crippen LogP contribution in [0.4, 0.5) is 8.78 Å². The lowest BCUT2D eigenvalue weighted by Gasteiger charge is -2.39. The molecule has 1 atom stereocenters. The zero-order valence-electron chi connectivity index (χ0n) is 12.8. The van der Waals surface area contributed by atoms with Gasteiger partial charge in [-0.05, 0) is 57.0 Å². The smallest absolute Gasteiger partial charge is 0.126 e. The standard InChI is InChI=1S/C16H25F2NO/c1-5-16(6-2,20-7-3)15(19-4)11-12-10-13(17)8-9-14(12)18/h8-10,15,19H,5-7,11H2,1-4H3. The first-order chi connectivity index (χ1) is 9.52. The normalized spacial score (nSPS) is 13.5. The number of hydrogen-bond acceptors (Lipinski definition) is 2. The molecule has 4 heteroatoms. The SMILES string of the molecule is CCOC(CC)(CC)C(Cc1cc(F)ccc1F)NC. The van der Waals surface area contributed by atoms with Gasteiger partial charge in [0.2, 0.25) is 0 Å². The van der Waals surface area contributed by atoms with Crippen molar-refractivity contribution >= 4 is 0 Å². The highest BCUT2D eigenvalue weighted by Crippen LogP contribution is 2.28. The average molecular weight is 285 g/mol. The number of hydrogen-bond donors (Lipinski definition) is 1. The minimum atomic E-state index is -0.411. The van der Waals surface area contributed by atoms with E-state index in [0.29, 0.717) is 18.6 Å². The monoisotopic (exact) mass is 285 g/mol. The molecule has 0 radical (unpaired) electrons. The van der Waals surface area contributed by atoms with Crippen molar-refractivity contribution in [2.24, 2.45) is 0 Å². The van der Waals surface area contributed by atoms with Crippen LogP contribution in [0.25, 0.3) is 0 Å². The van der Waals surface area contributed by atoms with E-state index in [1.165, 1.54) is 12.1 Å². The summed E-state index contributed by atoms with van der Waals surface area (Å²) in [4.78, 5) is 0. The van der Waals surface area contributed by atoms with Gasteiger partial charge in [-0.2, -0.15) is 0 Å². The molecule has 1 N–H and O–H groups in total. The number of benzene rings is 1. The maximum absolute atomic E-state index is 13.8. The van der Waals surface area contributed by atoms with Crippen molar-refractivity contribution in [1.82, 2.24) is 5.32 Å². The molecular weight excluding hydrogens is 260 g/mol. The molecule has 1 aromatic rings.